The maximum absolute atomic E-state index is 13.4. The molecule has 9 heteroatoms. The van der Waals surface area contributed by atoms with Crippen LogP contribution in [0.2, 0.25) is 10.0 Å². The number of halogens is 3. The number of hydrogen-bond acceptors (Lipinski definition) is 4. The molecular weight excluding hydrogens is 458 g/mol. The molecule has 1 unspecified atom stereocenters. The van der Waals surface area contributed by atoms with Gasteiger partial charge < -0.3 is 20.1 Å². The molecule has 32 heavy (non-hydrogen) atoms. The van der Waals surface area contributed by atoms with Crippen LogP contribution in [0.5, 0.6) is 5.75 Å². The molecule has 2 N–H and O–H groups in total. The Morgan fingerprint density at radius 2 is 1.94 bits per heavy atom. The van der Waals surface area contributed by atoms with Crippen molar-refractivity contribution in [1.29, 1.82) is 0 Å². The van der Waals surface area contributed by atoms with E-state index < -0.39 is 11.4 Å². The van der Waals surface area contributed by atoms with E-state index in [2.05, 4.69) is 10.6 Å². The molecule has 0 saturated carbocycles. The highest BCUT2D eigenvalue weighted by molar-refractivity contribution is 6.31. The molecule has 0 fully saturated rings. The van der Waals surface area contributed by atoms with Crippen LogP contribution in [-0.2, 0) is 20.9 Å². The maximum atomic E-state index is 13.4. The number of carbonyl (C=O) groups is 2. The fraction of sp³-hybridized carbons (Fsp3) is 0.304. The summed E-state index contributed by atoms with van der Waals surface area (Å²) in [4.78, 5) is 24.2. The monoisotopic (exact) mass is 480 g/mol. The Morgan fingerprint density at radius 3 is 2.66 bits per heavy atom. The molecule has 170 valence electrons. The fourth-order valence-corrected chi connectivity index (χ4v) is 3.54. The van der Waals surface area contributed by atoms with Crippen molar-refractivity contribution in [2.24, 2.45) is 0 Å². The lowest BCUT2D eigenvalue weighted by molar-refractivity contribution is -0.124. The molecule has 0 spiro atoms. The van der Waals surface area contributed by atoms with Gasteiger partial charge in [-0.1, -0.05) is 35.3 Å². The largest absolute Gasteiger partial charge is 0.484 e. The number of carbonyl (C=O) groups excluding carboxylic acids is 2. The molecule has 1 aliphatic rings. The number of hydrogen-bond donors (Lipinski definition) is 2. The van der Waals surface area contributed by atoms with Crippen molar-refractivity contribution >= 4 is 35.0 Å². The lowest BCUT2D eigenvalue weighted by atomic mass is 9.84. The van der Waals surface area contributed by atoms with E-state index >= 15 is 0 Å². The summed E-state index contributed by atoms with van der Waals surface area (Å²) in [6, 6.07) is 11.3. The van der Waals surface area contributed by atoms with Crippen molar-refractivity contribution in [3.05, 3.63) is 75.7 Å². The molecular formula is C23H23Cl2FN2O4. The molecule has 1 atom stereocenters. The molecule has 1 aliphatic carbocycles. The number of ether oxygens (including phenoxy) is 2. The first-order valence-corrected chi connectivity index (χ1v) is 10.7. The Bertz CT molecular complexity index is 1030. The van der Waals surface area contributed by atoms with Gasteiger partial charge >= 0.3 is 0 Å². The van der Waals surface area contributed by atoms with Crippen molar-refractivity contribution in [2.75, 3.05) is 13.2 Å². The van der Waals surface area contributed by atoms with Crippen LogP contribution < -0.4 is 15.4 Å². The Hall–Kier alpha value is -2.61. The molecule has 0 bridgehead atoms. The lowest BCUT2D eigenvalue weighted by Gasteiger charge is -2.37. The van der Waals surface area contributed by atoms with Crippen LogP contribution in [0, 0.1) is 5.82 Å². The normalized spacial score (nSPS) is 17.2. The van der Waals surface area contributed by atoms with Gasteiger partial charge in [0.1, 0.15) is 11.6 Å². The van der Waals surface area contributed by atoms with E-state index in [4.69, 9.17) is 32.7 Å². The third kappa shape index (κ3) is 7.22. The van der Waals surface area contributed by atoms with E-state index in [9.17, 15) is 14.0 Å². The summed E-state index contributed by atoms with van der Waals surface area (Å²) in [5, 5.41) is 6.25. The topological polar surface area (TPSA) is 76.7 Å². The SMILES string of the molecule is CC1(NC(=O)COc2ccc(Cl)c(F)c2)C=C(NC(=O)CCOCc2cccc(Cl)c2)C1. The summed E-state index contributed by atoms with van der Waals surface area (Å²) in [5.41, 5.74) is 1.09. The fourth-order valence-electron chi connectivity index (χ4n) is 3.21. The van der Waals surface area contributed by atoms with E-state index in [0.29, 0.717) is 18.1 Å². The van der Waals surface area contributed by atoms with Crippen molar-refractivity contribution in [3.63, 3.8) is 0 Å². The van der Waals surface area contributed by atoms with Crippen molar-refractivity contribution in [1.82, 2.24) is 10.6 Å². The van der Waals surface area contributed by atoms with Gasteiger partial charge in [0.15, 0.2) is 6.61 Å². The van der Waals surface area contributed by atoms with Crippen LogP contribution in [-0.4, -0.2) is 30.6 Å². The van der Waals surface area contributed by atoms with Crippen LogP contribution in [0.3, 0.4) is 0 Å². The van der Waals surface area contributed by atoms with Crippen molar-refractivity contribution < 1.29 is 23.5 Å². The molecule has 0 radical (unpaired) electrons. The highest BCUT2D eigenvalue weighted by Gasteiger charge is 2.34. The predicted octanol–water partition coefficient (Wildman–Crippen LogP) is 4.40. The van der Waals surface area contributed by atoms with Gasteiger partial charge in [-0.15, -0.1) is 0 Å². The lowest BCUT2D eigenvalue weighted by Crippen LogP contribution is -2.53. The second-order valence-electron chi connectivity index (χ2n) is 7.66. The summed E-state index contributed by atoms with van der Waals surface area (Å²) in [5.74, 6) is -0.932. The van der Waals surface area contributed by atoms with Crippen LogP contribution in [0.1, 0.15) is 25.3 Å². The first-order chi connectivity index (χ1) is 15.2. The maximum Gasteiger partial charge on any atom is 0.258 e. The molecule has 0 aromatic heterocycles. The summed E-state index contributed by atoms with van der Waals surface area (Å²) >= 11 is 11.5. The van der Waals surface area contributed by atoms with Crippen molar-refractivity contribution in [3.8, 4) is 5.75 Å². The zero-order valence-electron chi connectivity index (χ0n) is 17.4. The van der Waals surface area contributed by atoms with Gasteiger partial charge in [0.05, 0.1) is 30.2 Å². The summed E-state index contributed by atoms with van der Waals surface area (Å²) < 4.78 is 24.2. The van der Waals surface area contributed by atoms with Crippen molar-refractivity contribution in [2.45, 2.75) is 31.9 Å². The van der Waals surface area contributed by atoms with Gasteiger partial charge in [-0.3, -0.25) is 9.59 Å². The number of benzene rings is 2. The predicted molar refractivity (Wildman–Crippen MR) is 120 cm³/mol. The third-order valence-corrected chi connectivity index (χ3v) is 5.21. The Morgan fingerprint density at radius 1 is 1.16 bits per heavy atom. The summed E-state index contributed by atoms with van der Waals surface area (Å²) in [7, 11) is 0. The standard InChI is InChI=1S/C23H23Cl2FN2O4/c1-23(28-22(30)14-32-18-5-6-19(25)20(26)10-18)11-17(12-23)27-21(29)7-8-31-13-15-3-2-4-16(24)9-15/h2-6,9-11H,7-8,12-14H2,1H3,(H,27,29)(H,28,30). The Balaban J connectivity index is 1.34. The van der Waals surface area contributed by atoms with Gasteiger partial charge in [0, 0.05) is 23.2 Å². The minimum absolute atomic E-state index is 0.0174. The van der Waals surface area contributed by atoms with Crippen LogP contribution in [0.4, 0.5) is 4.39 Å². The average molecular weight is 481 g/mol. The van der Waals surface area contributed by atoms with Gasteiger partial charge in [0.2, 0.25) is 5.91 Å². The molecule has 0 aliphatic heterocycles. The first-order valence-electron chi connectivity index (χ1n) is 9.95. The number of nitrogens with one attached hydrogen (secondary N) is 2. The van der Waals surface area contributed by atoms with E-state index in [1.54, 1.807) is 12.1 Å². The average Bonchev–Trinajstić information content (AvgIpc) is 2.71. The highest BCUT2D eigenvalue weighted by atomic mass is 35.5. The Kier molecular flexibility index (Phi) is 8.12. The summed E-state index contributed by atoms with van der Waals surface area (Å²) in [6.45, 7) is 2.22. The zero-order chi connectivity index (χ0) is 23.1. The molecule has 2 aromatic carbocycles. The van der Waals surface area contributed by atoms with E-state index in [1.807, 2.05) is 25.1 Å². The number of rotatable bonds is 10. The molecule has 6 nitrogen and oxygen atoms in total. The quantitative estimate of drug-likeness (QED) is 0.494. The molecule has 2 aromatic rings. The number of amides is 2. The second kappa shape index (κ2) is 10.8. The van der Waals surface area contributed by atoms with Gasteiger partial charge in [0.25, 0.3) is 5.91 Å². The Labute approximate surface area is 195 Å². The first kappa shape index (κ1) is 24.0. The van der Waals surface area contributed by atoms with Gasteiger partial charge in [-0.05, 0) is 42.8 Å². The third-order valence-electron chi connectivity index (χ3n) is 4.67. The minimum atomic E-state index is -0.617. The molecule has 0 heterocycles. The zero-order valence-corrected chi connectivity index (χ0v) is 18.9. The van der Waals surface area contributed by atoms with E-state index in [0.717, 1.165) is 17.3 Å². The van der Waals surface area contributed by atoms with Crippen LogP contribution in [0.25, 0.3) is 0 Å². The smallest absolute Gasteiger partial charge is 0.258 e. The minimum Gasteiger partial charge on any atom is -0.484 e. The molecule has 2 amide bonds. The van der Waals surface area contributed by atoms with E-state index in [1.165, 1.54) is 12.1 Å². The summed E-state index contributed by atoms with van der Waals surface area (Å²) in [6.07, 6.45) is 2.47. The van der Waals surface area contributed by atoms with Gasteiger partial charge in [-0.25, -0.2) is 4.39 Å². The van der Waals surface area contributed by atoms with Gasteiger partial charge in [-0.2, -0.15) is 0 Å². The van der Waals surface area contributed by atoms with E-state index in [-0.39, 0.29) is 42.2 Å². The van der Waals surface area contributed by atoms with Crippen LogP contribution in [0.15, 0.2) is 54.2 Å². The second-order valence-corrected chi connectivity index (χ2v) is 8.50. The molecule has 3 rings (SSSR count). The van der Waals surface area contributed by atoms with Crippen LogP contribution >= 0.6 is 23.2 Å². The molecule has 0 saturated heterocycles. The highest BCUT2D eigenvalue weighted by Crippen LogP contribution is 2.28.